The fourth-order valence-corrected chi connectivity index (χ4v) is 3.05. The Morgan fingerprint density at radius 3 is 1.83 bits per heavy atom. The van der Waals surface area contributed by atoms with Gasteiger partial charge in [0.1, 0.15) is 11.4 Å². The summed E-state index contributed by atoms with van der Waals surface area (Å²) in [6, 6.07) is 0. The third kappa shape index (κ3) is 11.2. The van der Waals surface area contributed by atoms with E-state index in [9.17, 15) is 19.1 Å². The first-order valence-electron chi connectivity index (χ1n) is 8.04. The second-order valence-electron chi connectivity index (χ2n) is 6.41. The molecule has 1 atom stereocenters. The van der Waals surface area contributed by atoms with Crippen molar-refractivity contribution in [2.75, 3.05) is 0 Å². The van der Waals surface area contributed by atoms with Crippen molar-refractivity contribution in [3.63, 3.8) is 0 Å². The Hall–Kier alpha value is -0.960. The molecule has 132 valence electrons. The maximum atomic E-state index is 11.3. The summed E-state index contributed by atoms with van der Waals surface area (Å²) >= 11 is 0. The summed E-state index contributed by atoms with van der Waals surface area (Å²) in [5.41, 5.74) is 2.53. The predicted molar refractivity (Wildman–Crippen MR) is 96.5 cm³/mol. The molecule has 0 aromatic heterocycles. The fourth-order valence-electron chi connectivity index (χ4n) is 2.19. The number of carbonyl (C=O) groups excluding carboxylic acids is 1. The summed E-state index contributed by atoms with van der Waals surface area (Å²) in [6.45, 7) is 9.48. The highest BCUT2D eigenvalue weighted by atomic mass is 31.2. The van der Waals surface area contributed by atoms with Gasteiger partial charge in [0.2, 0.25) is 0 Å². The largest absolute Gasteiger partial charge is 0.336 e. The van der Waals surface area contributed by atoms with Gasteiger partial charge in [-0.15, -0.1) is 0 Å². The van der Waals surface area contributed by atoms with Crippen molar-refractivity contribution in [2.24, 2.45) is 0 Å². The van der Waals surface area contributed by atoms with Crippen molar-refractivity contribution >= 4 is 13.4 Å². The second kappa shape index (κ2) is 10.7. The third-order valence-corrected chi connectivity index (χ3v) is 5.07. The number of allylic oxidation sites excluding steroid dienone is 6. The standard InChI is InChI=1S/C18H31O4P/c1-14(2)8-6-9-15(3)10-7-11-16(4)12-13-18(17(5)19)23(20,21)22/h8,10,12,18H,6-7,9,11,13H2,1-5H3,(H2,20,21,22)/b15-10+,16-12+. The molecule has 0 amide bonds. The first kappa shape index (κ1) is 22.0. The highest BCUT2D eigenvalue weighted by molar-refractivity contribution is 7.53. The van der Waals surface area contributed by atoms with Crippen LogP contribution in [0.3, 0.4) is 0 Å². The van der Waals surface area contributed by atoms with E-state index in [0.717, 1.165) is 31.3 Å². The minimum atomic E-state index is -4.36. The first-order chi connectivity index (χ1) is 10.5. The van der Waals surface area contributed by atoms with Crippen LogP contribution < -0.4 is 0 Å². The van der Waals surface area contributed by atoms with Crippen molar-refractivity contribution in [1.82, 2.24) is 0 Å². The van der Waals surface area contributed by atoms with Crippen molar-refractivity contribution in [2.45, 2.75) is 72.4 Å². The van der Waals surface area contributed by atoms with Gasteiger partial charge in [0.25, 0.3) is 0 Å². The van der Waals surface area contributed by atoms with Crippen molar-refractivity contribution in [3.8, 4) is 0 Å². The lowest BCUT2D eigenvalue weighted by molar-refractivity contribution is -0.116. The summed E-state index contributed by atoms with van der Waals surface area (Å²) in [5, 5.41) is 0. The van der Waals surface area contributed by atoms with Gasteiger partial charge < -0.3 is 9.79 Å². The van der Waals surface area contributed by atoms with Crippen LogP contribution in [0.5, 0.6) is 0 Å². The Balaban J connectivity index is 4.38. The topological polar surface area (TPSA) is 74.6 Å². The molecule has 0 fully saturated rings. The van der Waals surface area contributed by atoms with Crippen LogP contribution in [0.4, 0.5) is 0 Å². The molecule has 0 radical (unpaired) electrons. The summed E-state index contributed by atoms with van der Waals surface area (Å²) in [5.74, 6) is -0.461. The SMILES string of the molecule is CC(=O)C(C/C=C(\C)CC/C=C(\C)CCC=C(C)C)P(=O)(O)O. The second-order valence-corrected chi connectivity index (χ2v) is 8.21. The first-order valence-corrected chi connectivity index (χ1v) is 9.72. The zero-order valence-electron chi connectivity index (χ0n) is 15.0. The van der Waals surface area contributed by atoms with Crippen LogP contribution in [0, 0.1) is 0 Å². The van der Waals surface area contributed by atoms with E-state index in [1.54, 1.807) is 6.08 Å². The van der Waals surface area contributed by atoms with Gasteiger partial charge in [-0.1, -0.05) is 34.9 Å². The number of carbonyl (C=O) groups is 1. The zero-order chi connectivity index (χ0) is 18.0. The zero-order valence-corrected chi connectivity index (χ0v) is 15.9. The molecule has 0 aromatic rings. The van der Waals surface area contributed by atoms with E-state index < -0.39 is 19.0 Å². The highest BCUT2D eigenvalue weighted by Crippen LogP contribution is 2.43. The average Bonchev–Trinajstić information content (AvgIpc) is 2.36. The fraction of sp³-hybridized carbons (Fsp3) is 0.611. The summed E-state index contributed by atoms with van der Waals surface area (Å²) in [6.07, 6.45) is 10.2. The van der Waals surface area contributed by atoms with E-state index in [2.05, 4.69) is 32.9 Å². The minimum Gasteiger partial charge on any atom is -0.324 e. The van der Waals surface area contributed by atoms with Crippen LogP contribution in [0.25, 0.3) is 0 Å². The van der Waals surface area contributed by atoms with Crippen LogP contribution in [-0.4, -0.2) is 21.2 Å². The Kier molecular flexibility index (Phi) is 10.3. The summed E-state index contributed by atoms with van der Waals surface area (Å²) in [4.78, 5) is 29.7. The Bertz CT molecular complexity index is 519. The lowest BCUT2D eigenvalue weighted by Crippen LogP contribution is -2.17. The molecule has 0 aliphatic carbocycles. The molecular weight excluding hydrogens is 311 g/mol. The molecule has 0 aliphatic heterocycles. The van der Waals surface area contributed by atoms with Crippen molar-refractivity contribution in [3.05, 3.63) is 34.9 Å². The van der Waals surface area contributed by atoms with Crippen LogP contribution in [0.2, 0.25) is 0 Å². The molecule has 23 heavy (non-hydrogen) atoms. The van der Waals surface area contributed by atoms with Gasteiger partial charge in [-0.05, 0) is 66.7 Å². The Morgan fingerprint density at radius 1 is 0.913 bits per heavy atom. The van der Waals surface area contributed by atoms with E-state index >= 15 is 0 Å². The normalized spacial score (nSPS) is 14.6. The minimum absolute atomic E-state index is 0.106. The van der Waals surface area contributed by atoms with Crippen LogP contribution in [0.1, 0.15) is 66.7 Å². The molecule has 0 aromatic carbocycles. The molecule has 0 saturated carbocycles. The van der Waals surface area contributed by atoms with E-state index in [0.29, 0.717) is 0 Å². The quantitative estimate of drug-likeness (QED) is 0.436. The summed E-state index contributed by atoms with van der Waals surface area (Å²) in [7, 11) is -4.36. The van der Waals surface area contributed by atoms with E-state index in [1.165, 1.54) is 18.1 Å². The number of hydrogen-bond acceptors (Lipinski definition) is 2. The molecule has 0 spiro atoms. The molecule has 4 nitrogen and oxygen atoms in total. The van der Waals surface area contributed by atoms with Crippen LogP contribution >= 0.6 is 7.60 Å². The van der Waals surface area contributed by atoms with E-state index in [1.807, 2.05) is 6.92 Å². The van der Waals surface area contributed by atoms with Crippen LogP contribution in [-0.2, 0) is 9.36 Å². The van der Waals surface area contributed by atoms with E-state index in [4.69, 9.17) is 0 Å². The van der Waals surface area contributed by atoms with Crippen LogP contribution in [0.15, 0.2) is 34.9 Å². The molecule has 0 bridgehead atoms. The number of hydrogen-bond donors (Lipinski definition) is 2. The molecule has 0 rings (SSSR count). The monoisotopic (exact) mass is 342 g/mol. The Labute approximate surface area is 140 Å². The van der Waals surface area contributed by atoms with Gasteiger partial charge in [-0.2, -0.15) is 0 Å². The number of ketones is 1. The Morgan fingerprint density at radius 2 is 1.39 bits per heavy atom. The highest BCUT2D eigenvalue weighted by Gasteiger charge is 2.31. The predicted octanol–water partition coefficient (Wildman–Crippen LogP) is 4.93. The molecule has 1 unspecified atom stereocenters. The van der Waals surface area contributed by atoms with E-state index in [-0.39, 0.29) is 6.42 Å². The van der Waals surface area contributed by atoms with Gasteiger partial charge in [0.05, 0.1) is 0 Å². The molecule has 0 aliphatic rings. The van der Waals surface area contributed by atoms with Gasteiger partial charge in [0, 0.05) is 0 Å². The van der Waals surface area contributed by atoms with Gasteiger partial charge in [-0.3, -0.25) is 9.36 Å². The molecular formula is C18H31O4P. The van der Waals surface area contributed by atoms with Gasteiger partial charge in [-0.25, -0.2) is 0 Å². The lowest BCUT2D eigenvalue weighted by atomic mass is 10.1. The smallest absolute Gasteiger partial charge is 0.324 e. The van der Waals surface area contributed by atoms with Crippen molar-refractivity contribution in [1.29, 1.82) is 0 Å². The maximum Gasteiger partial charge on any atom is 0.336 e. The van der Waals surface area contributed by atoms with Gasteiger partial charge >= 0.3 is 7.60 Å². The van der Waals surface area contributed by atoms with Gasteiger partial charge in [0.15, 0.2) is 0 Å². The molecule has 0 saturated heterocycles. The third-order valence-electron chi connectivity index (χ3n) is 3.69. The van der Waals surface area contributed by atoms with Crippen molar-refractivity contribution < 1.29 is 19.1 Å². The lowest BCUT2D eigenvalue weighted by Gasteiger charge is -2.13. The number of rotatable bonds is 10. The molecule has 0 heterocycles. The summed E-state index contributed by atoms with van der Waals surface area (Å²) < 4.78 is 11.3. The molecule has 2 N–H and O–H groups in total. The average molecular weight is 342 g/mol. The molecule has 5 heteroatoms. The number of Topliss-reactive ketones (excluding diaryl/α,β-unsaturated/α-hetero) is 1. The maximum absolute atomic E-state index is 11.3.